The van der Waals surface area contributed by atoms with Gasteiger partial charge in [0, 0.05) is 5.41 Å². The predicted octanol–water partition coefficient (Wildman–Crippen LogP) is 4.77. The summed E-state index contributed by atoms with van der Waals surface area (Å²) in [6.07, 6.45) is 2.43. The lowest BCUT2D eigenvalue weighted by Crippen LogP contribution is -2.25. The van der Waals surface area contributed by atoms with Gasteiger partial charge in [-0.05, 0) is 61.2 Å². The van der Waals surface area contributed by atoms with Crippen LogP contribution in [0.1, 0.15) is 34.2 Å². The summed E-state index contributed by atoms with van der Waals surface area (Å²) in [4.78, 5) is 12.9. The van der Waals surface area contributed by atoms with E-state index in [0.717, 1.165) is 17.7 Å². The van der Waals surface area contributed by atoms with Gasteiger partial charge in [-0.2, -0.15) is 5.10 Å². The van der Waals surface area contributed by atoms with E-state index < -0.39 is 0 Å². The van der Waals surface area contributed by atoms with Gasteiger partial charge in [0.2, 0.25) is 5.91 Å². The van der Waals surface area contributed by atoms with Crippen molar-refractivity contribution in [2.45, 2.75) is 25.7 Å². The quantitative estimate of drug-likeness (QED) is 0.480. The molecule has 0 aliphatic heterocycles. The molecule has 30 heavy (non-hydrogen) atoms. The molecular formula is C26H26N2O2. The Labute approximate surface area is 177 Å². The van der Waals surface area contributed by atoms with Crippen LogP contribution in [0, 0.1) is 19.8 Å². The molecule has 4 nitrogen and oxygen atoms in total. The standard InChI is InChI=1S/C26H26N2O2/c1-18-4-10-21(11-5-18)26(22-12-6-19(2)7-13-22)16-24(26)25(29)28-27-17-20-8-14-23(30-3)15-9-20/h4-15,17,24H,16H2,1-3H3,(H,28,29)/b27-17-/t24-/m1/s1. The number of hydrazone groups is 1. The first-order valence-electron chi connectivity index (χ1n) is 10.1. The summed E-state index contributed by atoms with van der Waals surface area (Å²) >= 11 is 0. The third kappa shape index (κ3) is 3.86. The van der Waals surface area contributed by atoms with Crippen LogP contribution in [0.4, 0.5) is 0 Å². The molecule has 1 fully saturated rings. The van der Waals surface area contributed by atoms with Gasteiger partial charge in [-0.1, -0.05) is 59.7 Å². The van der Waals surface area contributed by atoms with Crippen LogP contribution in [0.2, 0.25) is 0 Å². The lowest BCUT2D eigenvalue weighted by Gasteiger charge is -2.19. The molecule has 4 rings (SSSR count). The molecule has 4 heteroatoms. The van der Waals surface area contributed by atoms with Crippen LogP contribution < -0.4 is 10.2 Å². The van der Waals surface area contributed by atoms with Crippen molar-refractivity contribution in [1.82, 2.24) is 5.43 Å². The summed E-state index contributed by atoms with van der Waals surface area (Å²) in [6, 6.07) is 24.5. The number of aryl methyl sites for hydroxylation is 2. The minimum atomic E-state index is -0.291. The first-order chi connectivity index (χ1) is 14.5. The second-order valence-electron chi connectivity index (χ2n) is 7.97. The van der Waals surface area contributed by atoms with Crippen LogP contribution >= 0.6 is 0 Å². The maximum atomic E-state index is 12.9. The van der Waals surface area contributed by atoms with Crippen LogP contribution in [0.15, 0.2) is 77.9 Å². The van der Waals surface area contributed by atoms with E-state index in [1.165, 1.54) is 22.3 Å². The number of methoxy groups -OCH3 is 1. The molecule has 0 saturated heterocycles. The van der Waals surface area contributed by atoms with Gasteiger partial charge in [-0.3, -0.25) is 4.79 Å². The average molecular weight is 399 g/mol. The van der Waals surface area contributed by atoms with E-state index >= 15 is 0 Å². The van der Waals surface area contributed by atoms with E-state index in [-0.39, 0.29) is 17.2 Å². The molecule has 0 bridgehead atoms. The van der Waals surface area contributed by atoms with Gasteiger partial charge in [0.25, 0.3) is 0 Å². The first-order valence-corrected chi connectivity index (χ1v) is 10.1. The predicted molar refractivity (Wildman–Crippen MR) is 120 cm³/mol. The fourth-order valence-electron chi connectivity index (χ4n) is 4.02. The second kappa shape index (κ2) is 8.15. The fourth-order valence-corrected chi connectivity index (χ4v) is 4.02. The molecule has 1 aliphatic rings. The SMILES string of the molecule is COc1ccc(/C=N\NC(=O)[C@H]2CC2(c2ccc(C)cc2)c2ccc(C)cc2)cc1. The largest absolute Gasteiger partial charge is 0.497 e. The van der Waals surface area contributed by atoms with Crippen LogP contribution in [0.3, 0.4) is 0 Å². The maximum absolute atomic E-state index is 12.9. The number of carbonyl (C=O) groups is 1. The molecule has 3 aromatic carbocycles. The minimum absolute atomic E-state index is 0.0547. The second-order valence-corrected chi connectivity index (χ2v) is 7.97. The number of hydrogen-bond acceptors (Lipinski definition) is 3. The van der Waals surface area contributed by atoms with Crippen LogP contribution in [-0.2, 0) is 10.2 Å². The van der Waals surface area contributed by atoms with Crippen molar-refractivity contribution in [3.8, 4) is 5.75 Å². The molecule has 0 radical (unpaired) electrons. The number of carbonyl (C=O) groups excluding carboxylic acids is 1. The van der Waals surface area contributed by atoms with Gasteiger partial charge in [-0.25, -0.2) is 5.43 Å². The van der Waals surface area contributed by atoms with Crippen LogP contribution in [0.5, 0.6) is 5.75 Å². The van der Waals surface area contributed by atoms with Gasteiger partial charge in [0.15, 0.2) is 0 Å². The fraction of sp³-hybridized carbons (Fsp3) is 0.231. The summed E-state index contributed by atoms with van der Waals surface area (Å²) in [5.41, 5.74) is 8.12. The first kappa shape index (κ1) is 19.9. The zero-order valence-corrected chi connectivity index (χ0v) is 17.6. The van der Waals surface area contributed by atoms with E-state index in [1.54, 1.807) is 13.3 Å². The lowest BCUT2D eigenvalue weighted by molar-refractivity contribution is -0.122. The third-order valence-corrected chi connectivity index (χ3v) is 5.91. The zero-order chi connectivity index (χ0) is 21.1. The van der Waals surface area contributed by atoms with E-state index in [0.29, 0.717) is 0 Å². The molecule has 1 amide bonds. The average Bonchev–Trinajstić information content (AvgIpc) is 3.52. The molecule has 1 N–H and O–H groups in total. The Morgan fingerprint density at radius 1 is 0.933 bits per heavy atom. The summed E-state index contributed by atoms with van der Waals surface area (Å²) in [6.45, 7) is 4.15. The van der Waals surface area contributed by atoms with Gasteiger partial charge >= 0.3 is 0 Å². The molecule has 1 atom stereocenters. The Hall–Kier alpha value is -3.40. The number of ether oxygens (including phenoxy) is 1. The van der Waals surface area contributed by atoms with Gasteiger partial charge in [-0.15, -0.1) is 0 Å². The minimum Gasteiger partial charge on any atom is -0.497 e. The number of benzene rings is 3. The highest BCUT2D eigenvalue weighted by atomic mass is 16.5. The van der Waals surface area contributed by atoms with Gasteiger partial charge in [0.1, 0.15) is 5.75 Å². The molecule has 152 valence electrons. The number of amides is 1. The third-order valence-electron chi connectivity index (χ3n) is 5.91. The van der Waals surface area contributed by atoms with Crippen molar-refractivity contribution in [2.75, 3.05) is 7.11 Å². The highest BCUT2D eigenvalue weighted by molar-refractivity contribution is 5.87. The highest BCUT2D eigenvalue weighted by Crippen LogP contribution is 2.59. The Balaban J connectivity index is 1.53. The van der Waals surface area contributed by atoms with E-state index in [2.05, 4.69) is 72.9 Å². The Morgan fingerprint density at radius 3 is 1.97 bits per heavy atom. The normalized spacial score (nSPS) is 17.0. The van der Waals surface area contributed by atoms with Crippen molar-refractivity contribution >= 4 is 12.1 Å². The summed E-state index contributed by atoms with van der Waals surface area (Å²) < 4.78 is 5.16. The summed E-state index contributed by atoms with van der Waals surface area (Å²) in [7, 11) is 1.63. The molecule has 3 aromatic rings. The van der Waals surface area contributed by atoms with Crippen LogP contribution in [0.25, 0.3) is 0 Å². The molecule has 1 aliphatic carbocycles. The monoisotopic (exact) mass is 398 g/mol. The Morgan fingerprint density at radius 2 is 1.47 bits per heavy atom. The van der Waals surface area contributed by atoms with E-state index in [1.807, 2.05) is 24.3 Å². The molecule has 1 saturated carbocycles. The Bertz CT molecular complexity index is 1010. The van der Waals surface area contributed by atoms with Gasteiger partial charge in [0.05, 0.1) is 19.2 Å². The number of nitrogens with one attached hydrogen (secondary N) is 1. The maximum Gasteiger partial charge on any atom is 0.244 e. The topological polar surface area (TPSA) is 50.7 Å². The van der Waals surface area contributed by atoms with Crippen molar-refractivity contribution in [3.05, 3.63) is 101 Å². The van der Waals surface area contributed by atoms with E-state index in [9.17, 15) is 4.79 Å². The summed E-state index contributed by atoms with van der Waals surface area (Å²) in [5, 5.41) is 4.17. The Kier molecular flexibility index (Phi) is 5.40. The molecule has 0 unspecified atom stereocenters. The van der Waals surface area contributed by atoms with Gasteiger partial charge < -0.3 is 4.74 Å². The number of hydrogen-bond donors (Lipinski definition) is 1. The highest BCUT2D eigenvalue weighted by Gasteiger charge is 2.60. The summed E-state index contributed by atoms with van der Waals surface area (Å²) in [5.74, 6) is 0.590. The lowest BCUT2D eigenvalue weighted by atomic mass is 9.85. The van der Waals surface area contributed by atoms with Crippen molar-refractivity contribution in [1.29, 1.82) is 0 Å². The van der Waals surface area contributed by atoms with Crippen molar-refractivity contribution in [2.24, 2.45) is 11.0 Å². The van der Waals surface area contributed by atoms with Crippen molar-refractivity contribution < 1.29 is 9.53 Å². The molecule has 0 heterocycles. The smallest absolute Gasteiger partial charge is 0.244 e. The van der Waals surface area contributed by atoms with E-state index in [4.69, 9.17) is 4.74 Å². The van der Waals surface area contributed by atoms with Crippen LogP contribution in [-0.4, -0.2) is 19.2 Å². The molecule has 0 spiro atoms. The zero-order valence-electron chi connectivity index (χ0n) is 17.6. The number of rotatable bonds is 6. The molecular weight excluding hydrogens is 372 g/mol. The molecule has 0 aromatic heterocycles. The van der Waals surface area contributed by atoms with Crippen molar-refractivity contribution in [3.63, 3.8) is 0 Å². The number of nitrogens with zero attached hydrogens (tertiary/aromatic N) is 1.